The maximum atomic E-state index is 11.9. The number of anilines is 7. The third kappa shape index (κ3) is 14.1. The fourth-order valence-corrected chi connectivity index (χ4v) is 4.28. The minimum atomic E-state index is -4.95. The van der Waals surface area contributed by atoms with Crippen LogP contribution in [-0.2, 0) is 19.6 Å². The van der Waals surface area contributed by atoms with Crippen LogP contribution in [-0.4, -0.2) is 93.5 Å². The van der Waals surface area contributed by atoms with Gasteiger partial charge in [0.2, 0.25) is 23.8 Å². The van der Waals surface area contributed by atoms with Crippen molar-refractivity contribution in [3.05, 3.63) is 64.3 Å². The summed E-state index contributed by atoms with van der Waals surface area (Å²) >= 11 is 0. The van der Waals surface area contributed by atoms with E-state index in [2.05, 4.69) is 51.2 Å². The maximum absolute atomic E-state index is 11.9. The Balaban J connectivity index is 0.00000400. The minimum Gasteiger partial charge on any atom is -0.744 e. The van der Waals surface area contributed by atoms with E-state index in [9.17, 15) is 27.7 Å². The second-order valence-electron chi connectivity index (χ2n) is 9.19. The van der Waals surface area contributed by atoms with Crippen molar-refractivity contribution in [2.24, 2.45) is 0 Å². The Bertz CT molecular complexity index is 1850. The summed E-state index contributed by atoms with van der Waals surface area (Å²) in [6, 6.07) is 9.21. The van der Waals surface area contributed by atoms with E-state index < -0.39 is 26.7 Å². The van der Waals surface area contributed by atoms with Gasteiger partial charge in [-0.15, -0.1) is 0 Å². The smallest absolute Gasteiger partial charge is 0.744 e. The van der Waals surface area contributed by atoms with Gasteiger partial charge in [0.15, 0.2) is 0 Å². The molecule has 0 spiro atoms. The van der Waals surface area contributed by atoms with Crippen molar-refractivity contribution in [3.8, 4) is 0 Å². The Morgan fingerprint density at radius 1 is 0.833 bits per heavy atom. The summed E-state index contributed by atoms with van der Waals surface area (Å²) in [5, 5.41) is 31.4. The van der Waals surface area contributed by atoms with Gasteiger partial charge in [0.05, 0.1) is 43.9 Å². The maximum Gasteiger partial charge on any atom is 1.00 e. The van der Waals surface area contributed by atoms with Crippen molar-refractivity contribution in [1.82, 2.24) is 29.9 Å². The fraction of sp³-hybridized carbons (Fsp3) is 0.269. The van der Waals surface area contributed by atoms with Crippen LogP contribution in [0, 0.1) is 6.92 Å². The predicted molar refractivity (Wildman–Crippen MR) is 159 cm³/mol. The molecule has 4 rings (SSSR count). The molecule has 2 heterocycles. The summed E-state index contributed by atoms with van der Waals surface area (Å²) in [5.74, 6) is -1.38. The van der Waals surface area contributed by atoms with Crippen molar-refractivity contribution < 1.29 is 140 Å². The van der Waals surface area contributed by atoms with Gasteiger partial charge in [0, 0.05) is 23.6 Å². The number of H-pyrrole nitrogens is 1. The number of aryl methyl sites for hydroxylation is 1. The summed E-state index contributed by atoms with van der Waals surface area (Å²) in [6.45, 7) is 2.68. The Hall–Kier alpha value is -2.01. The molecule has 19 nitrogen and oxygen atoms in total. The number of aliphatic hydroxyl groups is 1. The molecule has 2 aromatic carbocycles. The van der Waals surface area contributed by atoms with Gasteiger partial charge in [0.1, 0.15) is 15.9 Å². The molecule has 4 aromatic rings. The standard InChI is InChI=1S/C26H30N10O9S.2K/c1-15-28-23(36-26(40)29-15)31-18-12-19(14-20(13-18)46(41,42)43)32-25-34-22(27-5-7-44-9-10-45-8-6-37)33-24(35-25)30-17-4-2-3-16(11-17)21(38)39;;/h2-4,11-14,37H,5-10H2,1H3,(H,38,39)(H,41,42,43)(H2,28,29,31,36,40)(H3,27,30,32,33,34,35);;/q;2*+1/p-2. The molecule has 0 bridgehead atoms. The number of carbonyl (C=O) groups excluding carboxylic acids is 1. The van der Waals surface area contributed by atoms with Crippen LogP contribution in [0.3, 0.4) is 0 Å². The van der Waals surface area contributed by atoms with Crippen molar-refractivity contribution in [1.29, 1.82) is 0 Å². The second-order valence-corrected chi connectivity index (χ2v) is 10.6. The SMILES string of the molecule is Cc1nc(Nc2cc(Nc3nc(NCCOCCOCCO)nc(Nc4cccc(C(=O)[O-])c4)n3)cc(S(=O)(=O)[O-])c2)nc(=O)[nH]1.[K+].[K+]. The van der Waals surface area contributed by atoms with E-state index in [-0.39, 0.29) is 182 Å². The van der Waals surface area contributed by atoms with Crippen LogP contribution >= 0.6 is 0 Å². The molecule has 0 saturated heterocycles. The molecule has 2 aromatic heterocycles. The Kier molecular flexibility index (Phi) is 18.1. The number of carboxylic acids is 1. The van der Waals surface area contributed by atoms with Gasteiger partial charge in [-0.3, -0.25) is 4.98 Å². The summed E-state index contributed by atoms with van der Waals surface area (Å²) in [4.78, 5) is 45.4. The van der Waals surface area contributed by atoms with Crippen molar-refractivity contribution in [3.63, 3.8) is 0 Å². The molecule has 0 atom stereocenters. The molecule has 48 heavy (non-hydrogen) atoms. The molecule has 22 heteroatoms. The third-order valence-corrected chi connectivity index (χ3v) is 6.42. The van der Waals surface area contributed by atoms with Crippen LogP contribution in [0.15, 0.2) is 52.2 Å². The van der Waals surface area contributed by atoms with E-state index in [0.717, 1.165) is 12.1 Å². The number of ether oxygens (including phenoxy) is 2. The van der Waals surface area contributed by atoms with Gasteiger partial charge in [-0.2, -0.15) is 24.9 Å². The molecule has 0 aliphatic heterocycles. The minimum absolute atomic E-state index is 0. The molecular formula is C26H28K2N10O9S. The number of carboxylic acid groups (broad SMARTS) is 1. The largest absolute Gasteiger partial charge is 1.00 e. The Labute approximate surface area is 359 Å². The average Bonchev–Trinajstić information content (AvgIpc) is 2.97. The molecule has 0 radical (unpaired) electrons. The van der Waals surface area contributed by atoms with Crippen LogP contribution in [0.2, 0.25) is 0 Å². The number of rotatable bonds is 17. The van der Waals surface area contributed by atoms with E-state index in [1.807, 2.05) is 0 Å². The Morgan fingerprint density at radius 2 is 1.42 bits per heavy atom. The third-order valence-electron chi connectivity index (χ3n) is 5.60. The molecule has 6 N–H and O–H groups in total. The monoisotopic (exact) mass is 734 g/mol. The fourth-order valence-electron chi connectivity index (χ4n) is 3.73. The van der Waals surface area contributed by atoms with Gasteiger partial charge in [-0.05, 0) is 42.8 Å². The second kappa shape index (κ2) is 20.6. The van der Waals surface area contributed by atoms with Crippen LogP contribution in [0.1, 0.15) is 16.2 Å². The number of nitrogens with zero attached hydrogens (tertiary/aromatic N) is 5. The number of hydrogen-bond donors (Lipinski definition) is 6. The average molecular weight is 735 g/mol. The number of benzene rings is 2. The number of nitrogens with one attached hydrogen (secondary N) is 5. The molecule has 0 amide bonds. The molecule has 0 unspecified atom stereocenters. The summed E-state index contributed by atoms with van der Waals surface area (Å²) < 4.78 is 46.4. The van der Waals surface area contributed by atoms with E-state index in [1.165, 1.54) is 31.2 Å². The molecule has 0 aliphatic rings. The first-order valence-corrected chi connectivity index (χ1v) is 14.8. The Morgan fingerprint density at radius 3 is 2.00 bits per heavy atom. The van der Waals surface area contributed by atoms with Crippen LogP contribution in [0.4, 0.5) is 40.9 Å². The van der Waals surface area contributed by atoms with Gasteiger partial charge >= 0.3 is 108 Å². The number of aromatic nitrogens is 6. The molecular weight excluding hydrogens is 707 g/mol. The van der Waals surface area contributed by atoms with E-state index >= 15 is 0 Å². The number of carbonyl (C=O) groups is 1. The number of hydrogen-bond acceptors (Lipinski definition) is 18. The summed E-state index contributed by atoms with van der Waals surface area (Å²) in [5.41, 5.74) is -0.373. The number of aliphatic hydroxyl groups excluding tert-OH is 1. The quantitative estimate of drug-likeness (QED) is 0.0334. The van der Waals surface area contributed by atoms with Crippen LogP contribution in [0.5, 0.6) is 0 Å². The first-order valence-electron chi connectivity index (χ1n) is 13.4. The zero-order chi connectivity index (χ0) is 33.1. The van der Waals surface area contributed by atoms with E-state index in [1.54, 1.807) is 6.07 Å². The topological polar surface area (TPSA) is 281 Å². The zero-order valence-electron chi connectivity index (χ0n) is 26.1. The van der Waals surface area contributed by atoms with Gasteiger partial charge in [0.25, 0.3) is 0 Å². The van der Waals surface area contributed by atoms with E-state index in [4.69, 9.17) is 14.6 Å². The predicted octanol–water partition coefficient (Wildman–Crippen LogP) is -6.40. The van der Waals surface area contributed by atoms with Gasteiger partial charge in [-0.25, -0.2) is 13.2 Å². The van der Waals surface area contributed by atoms with Crippen LogP contribution in [0.25, 0.3) is 0 Å². The number of aromatic amines is 1. The van der Waals surface area contributed by atoms with Crippen molar-refractivity contribution >= 4 is 56.9 Å². The van der Waals surface area contributed by atoms with Crippen LogP contribution < -0.4 is 135 Å². The van der Waals surface area contributed by atoms with Crippen molar-refractivity contribution in [2.75, 3.05) is 60.8 Å². The normalized spacial score (nSPS) is 10.7. The molecule has 0 aliphatic carbocycles. The first-order chi connectivity index (χ1) is 22.0. The molecule has 244 valence electrons. The van der Waals surface area contributed by atoms with Gasteiger partial charge < -0.3 is 50.3 Å². The summed E-state index contributed by atoms with van der Waals surface area (Å²) in [7, 11) is -4.95. The first kappa shape index (κ1) is 42.2. The van der Waals surface area contributed by atoms with Gasteiger partial charge in [-0.1, -0.05) is 12.1 Å². The molecule has 0 saturated carbocycles. The number of aromatic carboxylic acids is 1. The summed E-state index contributed by atoms with van der Waals surface area (Å²) in [6.07, 6.45) is 0. The van der Waals surface area contributed by atoms with E-state index in [0.29, 0.717) is 12.3 Å². The zero-order valence-corrected chi connectivity index (χ0v) is 33.2. The van der Waals surface area contributed by atoms with Crippen molar-refractivity contribution in [2.45, 2.75) is 11.8 Å². The molecule has 0 fully saturated rings.